The van der Waals surface area contributed by atoms with Crippen LogP contribution in [0.1, 0.15) is 40.5 Å². The first kappa shape index (κ1) is 15.4. The third kappa shape index (κ3) is 18.7. The van der Waals surface area contributed by atoms with E-state index in [9.17, 15) is 0 Å². The molecule has 0 amide bonds. The molecular formula is C10H24O3. The van der Waals surface area contributed by atoms with E-state index in [0.29, 0.717) is 0 Å². The first-order valence-corrected chi connectivity index (χ1v) is 5.00. The molecular weight excluding hydrogens is 168 g/mol. The standard InChI is InChI=1S/C6H14O.C4H10O2/c1-3-5-7-6-4-2;1-3(5)4(2)6/h3-6H2,1-2H3;3-6H,1-2H3. The molecule has 0 bridgehead atoms. The van der Waals surface area contributed by atoms with E-state index in [1.165, 1.54) is 0 Å². The van der Waals surface area contributed by atoms with Crippen LogP contribution >= 0.6 is 0 Å². The normalized spacial score (nSPS) is 14.3. The van der Waals surface area contributed by atoms with Crippen molar-refractivity contribution in [3.63, 3.8) is 0 Å². The summed E-state index contributed by atoms with van der Waals surface area (Å²) in [5.74, 6) is 0. The van der Waals surface area contributed by atoms with E-state index in [-0.39, 0.29) is 0 Å². The minimum atomic E-state index is -0.593. The molecule has 13 heavy (non-hydrogen) atoms. The Morgan fingerprint density at radius 3 is 1.38 bits per heavy atom. The fourth-order valence-corrected chi connectivity index (χ4v) is 0.391. The van der Waals surface area contributed by atoms with Gasteiger partial charge in [0.15, 0.2) is 0 Å². The Morgan fingerprint density at radius 2 is 1.23 bits per heavy atom. The van der Waals surface area contributed by atoms with E-state index in [4.69, 9.17) is 14.9 Å². The topological polar surface area (TPSA) is 49.7 Å². The highest BCUT2D eigenvalue weighted by Crippen LogP contribution is 1.85. The molecule has 82 valence electrons. The van der Waals surface area contributed by atoms with Gasteiger partial charge in [-0.15, -0.1) is 0 Å². The molecule has 2 atom stereocenters. The molecule has 0 spiro atoms. The Morgan fingerprint density at radius 1 is 0.923 bits per heavy atom. The van der Waals surface area contributed by atoms with Crippen molar-refractivity contribution in [2.24, 2.45) is 0 Å². The van der Waals surface area contributed by atoms with Crippen LogP contribution in [0.25, 0.3) is 0 Å². The van der Waals surface area contributed by atoms with Crippen LogP contribution in [0.15, 0.2) is 0 Å². The predicted molar refractivity (Wildman–Crippen MR) is 54.8 cm³/mol. The van der Waals surface area contributed by atoms with Gasteiger partial charge in [-0.25, -0.2) is 0 Å². The molecule has 0 aromatic carbocycles. The summed E-state index contributed by atoms with van der Waals surface area (Å²) in [7, 11) is 0. The van der Waals surface area contributed by atoms with Crippen molar-refractivity contribution in [1.82, 2.24) is 0 Å². The summed E-state index contributed by atoms with van der Waals surface area (Å²) in [4.78, 5) is 0. The zero-order valence-electron chi connectivity index (χ0n) is 9.29. The first-order chi connectivity index (χ1) is 6.06. The summed E-state index contributed by atoms with van der Waals surface area (Å²) in [5.41, 5.74) is 0. The summed E-state index contributed by atoms with van der Waals surface area (Å²) in [6.45, 7) is 9.18. The van der Waals surface area contributed by atoms with Crippen LogP contribution in [0, 0.1) is 0 Å². The van der Waals surface area contributed by atoms with E-state index in [2.05, 4.69) is 13.8 Å². The fraction of sp³-hybridized carbons (Fsp3) is 1.00. The summed E-state index contributed by atoms with van der Waals surface area (Å²) in [5, 5.41) is 16.8. The van der Waals surface area contributed by atoms with Gasteiger partial charge in [0.25, 0.3) is 0 Å². The number of aliphatic hydroxyl groups excluding tert-OH is 2. The third-order valence-corrected chi connectivity index (χ3v) is 1.40. The number of hydrogen-bond donors (Lipinski definition) is 2. The van der Waals surface area contributed by atoms with Gasteiger partial charge in [0.2, 0.25) is 0 Å². The molecule has 0 heterocycles. The largest absolute Gasteiger partial charge is 0.391 e. The Balaban J connectivity index is 0. The van der Waals surface area contributed by atoms with Crippen LogP contribution in [0.5, 0.6) is 0 Å². The Bertz CT molecular complexity index is 72.2. The van der Waals surface area contributed by atoms with E-state index >= 15 is 0 Å². The molecule has 0 aliphatic rings. The number of hydrogen-bond acceptors (Lipinski definition) is 3. The number of aliphatic hydroxyl groups is 2. The van der Waals surface area contributed by atoms with Crippen LogP contribution in [-0.2, 0) is 4.74 Å². The van der Waals surface area contributed by atoms with Gasteiger partial charge in [-0.2, -0.15) is 0 Å². The molecule has 0 saturated carbocycles. The lowest BCUT2D eigenvalue weighted by molar-refractivity contribution is 0.0438. The number of ether oxygens (including phenoxy) is 1. The molecule has 0 aromatic rings. The average Bonchev–Trinajstić information content (AvgIpc) is 2.06. The fourth-order valence-electron chi connectivity index (χ4n) is 0.391. The first-order valence-electron chi connectivity index (χ1n) is 5.00. The van der Waals surface area contributed by atoms with Gasteiger partial charge >= 0.3 is 0 Å². The van der Waals surface area contributed by atoms with Gasteiger partial charge in [0, 0.05) is 13.2 Å². The van der Waals surface area contributed by atoms with Crippen LogP contribution in [0.3, 0.4) is 0 Å². The molecule has 2 unspecified atom stereocenters. The summed E-state index contributed by atoms with van der Waals surface area (Å²) >= 11 is 0. The zero-order chi connectivity index (χ0) is 10.7. The van der Waals surface area contributed by atoms with Gasteiger partial charge in [0.1, 0.15) is 0 Å². The van der Waals surface area contributed by atoms with Gasteiger partial charge in [-0.3, -0.25) is 0 Å². The van der Waals surface area contributed by atoms with Crippen molar-refractivity contribution < 1.29 is 14.9 Å². The van der Waals surface area contributed by atoms with Crippen LogP contribution in [0.2, 0.25) is 0 Å². The van der Waals surface area contributed by atoms with E-state index in [1.54, 1.807) is 13.8 Å². The molecule has 0 aliphatic carbocycles. The van der Waals surface area contributed by atoms with E-state index in [0.717, 1.165) is 26.1 Å². The van der Waals surface area contributed by atoms with Crippen LogP contribution in [0.4, 0.5) is 0 Å². The maximum Gasteiger partial charge on any atom is 0.0768 e. The molecule has 3 nitrogen and oxygen atoms in total. The molecule has 0 aliphatic heterocycles. The molecule has 0 radical (unpaired) electrons. The van der Waals surface area contributed by atoms with Crippen molar-refractivity contribution in [3.05, 3.63) is 0 Å². The Labute approximate surface area is 81.7 Å². The maximum absolute atomic E-state index is 8.38. The molecule has 0 saturated heterocycles. The highest BCUT2D eigenvalue weighted by Gasteiger charge is 1.99. The van der Waals surface area contributed by atoms with Crippen molar-refractivity contribution in [3.8, 4) is 0 Å². The van der Waals surface area contributed by atoms with Gasteiger partial charge in [-0.05, 0) is 26.7 Å². The average molecular weight is 192 g/mol. The summed E-state index contributed by atoms with van der Waals surface area (Å²) < 4.78 is 5.13. The van der Waals surface area contributed by atoms with Crippen molar-refractivity contribution in [1.29, 1.82) is 0 Å². The third-order valence-electron chi connectivity index (χ3n) is 1.40. The summed E-state index contributed by atoms with van der Waals surface area (Å²) in [6.07, 6.45) is 1.09. The monoisotopic (exact) mass is 192 g/mol. The molecule has 0 fully saturated rings. The lowest BCUT2D eigenvalue weighted by atomic mass is 10.3. The quantitative estimate of drug-likeness (QED) is 0.650. The highest BCUT2D eigenvalue weighted by molar-refractivity contribution is 4.50. The van der Waals surface area contributed by atoms with E-state index in [1.807, 2.05) is 0 Å². The second-order valence-electron chi connectivity index (χ2n) is 3.09. The smallest absolute Gasteiger partial charge is 0.0768 e. The maximum atomic E-state index is 8.38. The lowest BCUT2D eigenvalue weighted by Gasteiger charge is -2.03. The molecule has 0 rings (SSSR count). The van der Waals surface area contributed by atoms with Crippen LogP contribution < -0.4 is 0 Å². The van der Waals surface area contributed by atoms with Crippen molar-refractivity contribution in [2.75, 3.05) is 13.2 Å². The second kappa shape index (κ2) is 11.9. The van der Waals surface area contributed by atoms with Crippen molar-refractivity contribution >= 4 is 0 Å². The zero-order valence-corrected chi connectivity index (χ0v) is 9.29. The molecule has 0 aromatic heterocycles. The molecule has 3 heteroatoms. The van der Waals surface area contributed by atoms with Crippen LogP contribution in [-0.4, -0.2) is 35.6 Å². The lowest BCUT2D eigenvalue weighted by Crippen LogP contribution is -2.17. The Kier molecular flexibility index (Phi) is 14.0. The van der Waals surface area contributed by atoms with Crippen molar-refractivity contribution in [2.45, 2.75) is 52.7 Å². The van der Waals surface area contributed by atoms with E-state index < -0.39 is 12.2 Å². The SMILES string of the molecule is CC(O)C(C)O.CCCOCCC. The summed E-state index contributed by atoms with van der Waals surface area (Å²) in [6, 6.07) is 0. The molecule has 2 N–H and O–H groups in total. The minimum Gasteiger partial charge on any atom is -0.391 e. The predicted octanol–water partition coefficient (Wildman–Crippen LogP) is 1.57. The van der Waals surface area contributed by atoms with Gasteiger partial charge in [-0.1, -0.05) is 13.8 Å². The van der Waals surface area contributed by atoms with Gasteiger partial charge in [0.05, 0.1) is 12.2 Å². The second-order valence-corrected chi connectivity index (χ2v) is 3.09. The minimum absolute atomic E-state index is 0.593. The highest BCUT2D eigenvalue weighted by atomic mass is 16.5. The number of rotatable bonds is 5. The Hall–Kier alpha value is -0.120. The van der Waals surface area contributed by atoms with Gasteiger partial charge < -0.3 is 14.9 Å².